The molecule has 0 radical (unpaired) electrons. The molecule has 1 aliphatic carbocycles. The fourth-order valence-electron chi connectivity index (χ4n) is 3.46. The number of anilines is 3. The molecule has 0 unspecified atom stereocenters. The zero-order valence-corrected chi connectivity index (χ0v) is 15.3. The Labute approximate surface area is 154 Å². The molecule has 1 aliphatic rings. The zero-order valence-electron chi connectivity index (χ0n) is 15.3. The SMILES string of the molecule is CCN(CC)Nc1ccc(Nc2cn[nH]c2-c2ccccc2)c2c1CC2. The average molecular weight is 347 g/mol. The van der Waals surface area contributed by atoms with Crippen molar-refractivity contribution in [3.8, 4) is 11.3 Å². The molecule has 134 valence electrons. The van der Waals surface area contributed by atoms with Crippen LogP contribution < -0.4 is 10.7 Å². The number of hydrogen-bond acceptors (Lipinski definition) is 4. The zero-order chi connectivity index (χ0) is 17.9. The summed E-state index contributed by atoms with van der Waals surface area (Å²) in [6, 6.07) is 14.6. The molecule has 0 atom stereocenters. The fraction of sp³-hybridized carbons (Fsp3) is 0.286. The van der Waals surface area contributed by atoms with Crippen LogP contribution in [0.4, 0.5) is 17.1 Å². The summed E-state index contributed by atoms with van der Waals surface area (Å²) in [5, 5.41) is 13.2. The summed E-state index contributed by atoms with van der Waals surface area (Å²) in [4.78, 5) is 0. The van der Waals surface area contributed by atoms with Gasteiger partial charge in [-0.1, -0.05) is 44.2 Å². The second-order valence-corrected chi connectivity index (χ2v) is 6.55. The van der Waals surface area contributed by atoms with Gasteiger partial charge in [0.05, 0.1) is 23.3 Å². The fourth-order valence-corrected chi connectivity index (χ4v) is 3.46. The Morgan fingerprint density at radius 2 is 1.62 bits per heavy atom. The van der Waals surface area contributed by atoms with Crippen LogP contribution in [-0.4, -0.2) is 28.3 Å². The molecule has 0 aliphatic heterocycles. The summed E-state index contributed by atoms with van der Waals surface area (Å²) in [6.45, 7) is 6.31. The lowest BCUT2D eigenvalue weighted by molar-refractivity contribution is 0.366. The van der Waals surface area contributed by atoms with Gasteiger partial charge >= 0.3 is 0 Å². The monoisotopic (exact) mass is 347 g/mol. The van der Waals surface area contributed by atoms with Crippen LogP contribution in [0.3, 0.4) is 0 Å². The molecule has 2 aromatic carbocycles. The van der Waals surface area contributed by atoms with Gasteiger partial charge in [0, 0.05) is 24.3 Å². The number of benzene rings is 2. The van der Waals surface area contributed by atoms with Gasteiger partial charge in [-0.15, -0.1) is 0 Å². The van der Waals surface area contributed by atoms with E-state index in [0.717, 1.165) is 42.9 Å². The first-order valence-corrected chi connectivity index (χ1v) is 9.32. The highest BCUT2D eigenvalue weighted by atomic mass is 15.5. The second-order valence-electron chi connectivity index (χ2n) is 6.55. The molecule has 3 N–H and O–H groups in total. The lowest BCUT2D eigenvalue weighted by Crippen LogP contribution is -2.31. The molecule has 0 spiro atoms. The molecule has 26 heavy (non-hydrogen) atoms. The Morgan fingerprint density at radius 3 is 2.31 bits per heavy atom. The second kappa shape index (κ2) is 7.22. The molecule has 1 heterocycles. The maximum Gasteiger partial charge on any atom is 0.0885 e. The van der Waals surface area contributed by atoms with Crippen LogP contribution in [0.15, 0.2) is 48.7 Å². The third-order valence-electron chi connectivity index (χ3n) is 5.07. The van der Waals surface area contributed by atoms with E-state index in [1.807, 2.05) is 24.4 Å². The quantitative estimate of drug-likeness (QED) is 0.547. The molecule has 0 fully saturated rings. The van der Waals surface area contributed by atoms with Crippen LogP contribution in [0.1, 0.15) is 25.0 Å². The van der Waals surface area contributed by atoms with E-state index in [-0.39, 0.29) is 0 Å². The standard InChI is InChI=1S/C21H25N5/c1-3-26(4-2)25-19-13-12-18(16-10-11-17(16)19)23-20-14-22-24-21(20)15-8-6-5-7-9-15/h5-9,12-14,23,25H,3-4,10-11H2,1-2H3,(H,22,24). The van der Waals surface area contributed by atoms with E-state index >= 15 is 0 Å². The van der Waals surface area contributed by atoms with Crippen molar-refractivity contribution in [1.29, 1.82) is 0 Å². The maximum atomic E-state index is 4.24. The third kappa shape index (κ3) is 3.06. The Bertz CT molecular complexity index is 881. The van der Waals surface area contributed by atoms with Crippen molar-refractivity contribution < 1.29 is 0 Å². The van der Waals surface area contributed by atoms with E-state index in [9.17, 15) is 0 Å². The Kier molecular flexibility index (Phi) is 4.63. The first kappa shape index (κ1) is 16.7. The Morgan fingerprint density at radius 1 is 0.923 bits per heavy atom. The van der Waals surface area contributed by atoms with Crippen LogP contribution >= 0.6 is 0 Å². The summed E-state index contributed by atoms with van der Waals surface area (Å²) in [5.74, 6) is 0. The highest BCUT2D eigenvalue weighted by Crippen LogP contribution is 2.38. The minimum atomic E-state index is 0.987. The highest BCUT2D eigenvalue weighted by Gasteiger charge is 2.22. The minimum absolute atomic E-state index is 0.987. The van der Waals surface area contributed by atoms with Gasteiger partial charge in [-0.05, 0) is 36.1 Å². The summed E-state index contributed by atoms with van der Waals surface area (Å²) >= 11 is 0. The van der Waals surface area contributed by atoms with Gasteiger partial charge < -0.3 is 10.7 Å². The minimum Gasteiger partial charge on any atom is -0.352 e. The number of aromatic nitrogens is 2. The van der Waals surface area contributed by atoms with Crippen LogP contribution in [0.2, 0.25) is 0 Å². The lowest BCUT2D eigenvalue weighted by Gasteiger charge is -2.30. The number of hydrazine groups is 1. The van der Waals surface area contributed by atoms with Crippen molar-refractivity contribution >= 4 is 17.1 Å². The van der Waals surface area contributed by atoms with Crippen LogP contribution in [-0.2, 0) is 12.8 Å². The first-order chi connectivity index (χ1) is 12.8. The Hall–Kier alpha value is -2.79. The van der Waals surface area contributed by atoms with Crippen molar-refractivity contribution in [1.82, 2.24) is 15.2 Å². The third-order valence-corrected chi connectivity index (χ3v) is 5.07. The van der Waals surface area contributed by atoms with E-state index in [1.54, 1.807) is 0 Å². The molecule has 0 amide bonds. The number of nitrogens with one attached hydrogen (secondary N) is 3. The van der Waals surface area contributed by atoms with Crippen LogP contribution in [0.25, 0.3) is 11.3 Å². The van der Waals surface area contributed by atoms with Gasteiger partial charge in [0.25, 0.3) is 0 Å². The molecule has 0 saturated carbocycles. The van der Waals surface area contributed by atoms with Crippen molar-refractivity contribution in [2.75, 3.05) is 23.8 Å². The maximum absolute atomic E-state index is 4.24. The Balaban J connectivity index is 1.60. The number of H-pyrrole nitrogens is 1. The van der Waals surface area contributed by atoms with Gasteiger partial charge in [0.1, 0.15) is 0 Å². The van der Waals surface area contributed by atoms with Crippen molar-refractivity contribution in [2.24, 2.45) is 0 Å². The van der Waals surface area contributed by atoms with Crippen LogP contribution in [0, 0.1) is 0 Å². The normalized spacial score (nSPS) is 12.6. The molecule has 4 rings (SSSR count). The smallest absolute Gasteiger partial charge is 0.0885 e. The average Bonchev–Trinajstić information content (AvgIpc) is 3.10. The van der Waals surface area contributed by atoms with E-state index in [1.165, 1.54) is 22.5 Å². The topological polar surface area (TPSA) is 56.0 Å². The molecular weight excluding hydrogens is 322 g/mol. The van der Waals surface area contributed by atoms with Gasteiger partial charge in [0.15, 0.2) is 0 Å². The summed E-state index contributed by atoms with van der Waals surface area (Å²) in [6.07, 6.45) is 4.10. The van der Waals surface area contributed by atoms with Crippen molar-refractivity contribution in [3.63, 3.8) is 0 Å². The molecule has 0 saturated heterocycles. The van der Waals surface area contributed by atoms with E-state index < -0.39 is 0 Å². The molecular formula is C21H25N5. The van der Waals surface area contributed by atoms with Gasteiger partial charge in [-0.25, -0.2) is 5.01 Å². The van der Waals surface area contributed by atoms with Crippen molar-refractivity contribution in [3.05, 3.63) is 59.8 Å². The largest absolute Gasteiger partial charge is 0.352 e. The number of fused-ring (bicyclic) bond motifs is 1. The van der Waals surface area contributed by atoms with Crippen molar-refractivity contribution in [2.45, 2.75) is 26.7 Å². The molecule has 1 aromatic heterocycles. The lowest BCUT2D eigenvalue weighted by atomic mass is 9.85. The molecule has 5 nitrogen and oxygen atoms in total. The predicted molar refractivity (Wildman–Crippen MR) is 108 cm³/mol. The predicted octanol–water partition coefficient (Wildman–Crippen LogP) is 4.59. The summed E-state index contributed by atoms with van der Waals surface area (Å²) < 4.78 is 0. The number of nitrogens with zero attached hydrogens (tertiary/aromatic N) is 2. The van der Waals surface area contributed by atoms with Gasteiger partial charge in [0.2, 0.25) is 0 Å². The number of aromatic amines is 1. The highest BCUT2D eigenvalue weighted by molar-refractivity contribution is 5.80. The molecule has 5 heteroatoms. The molecule has 0 bridgehead atoms. The van der Waals surface area contributed by atoms with Gasteiger partial charge in [-0.3, -0.25) is 5.10 Å². The van der Waals surface area contributed by atoms with E-state index in [4.69, 9.17) is 0 Å². The first-order valence-electron chi connectivity index (χ1n) is 9.32. The van der Waals surface area contributed by atoms with Gasteiger partial charge in [-0.2, -0.15) is 5.10 Å². The summed E-state index contributed by atoms with van der Waals surface area (Å²) in [5.41, 5.74) is 11.9. The van der Waals surface area contributed by atoms with E-state index in [0.29, 0.717) is 0 Å². The van der Waals surface area contributed by atoms with Crippen LogP contribution in [0.5, 0.6) is 0 Å². The van der Waals surface area contributed by atoms with E-state index in [2.05, 4.69) is 64.1 Å². The molecule has 3 aromatic rings. The number of rotatable bonds is 7. The summed E-state index contributed by atoms with van der Waals surface area (Å²) in [7, 11) is 0. The number of hydrogen-bond donors (Lipinski definition) is 3.